The summed E-state index contributed by atoms with van der Waals surface area (Å²) in [5.74, 6) is -1.01. The second kappa shape index (κ2) is 4.96. The van der Waals surface area contributed by atoms with Crippen molar-refractivity contribution >= 4 is 46.2 Å². The molecule has 5 heteroatoms. The second-order valence-corrected chi connectivity index (χ2v) is 4.65. The predicted octanol–water partition coefficient (Wildman–Crippen LogP) is 3.95. The van der Waals surface area contributed by atoms with Gasteiger partial charge in [0, 0.05) is 22.2 Å². The summed E-state index contributed by atoms with van der Waals surface area (Å²) in [5, 5.41) is 10.3. The molecule has 0 aliphatic heterocycles. The van der Waals surface area contributed by atoms with E-state index in [4.69, 9.17) is 28.3 Å². The molecule has 2 rings (SSSR count). The molecule has 92 valence electrons. The molecule has 0 saturated heterocycles. The minimum absolute atomic E-state index is 0.454. The van der Waals surface area contributed by atoms with E-state index in [1.807, 2.05) is 6.92 Å². The van der Waals surface area contributed by atoms with E-state index in [1.54, 1.807) is 18.2 Å². The molecule has 0 bridgehead atoms. The molecule has 1 N–H and O–H groups in total. The van der Waals surface area contributed by atoms with Gasteiger partial charge in [-0.25, -0.2) is 4.79 Å². The maximum atomic E-state index is 10.6. The molecule has 1 aromatic carbocycles. The molecule has 18 heavy (non-hydrogen) atoms. The van der Waals surface area contributed by atoms with E-state index in [-0.39, 0.29) is 0 Å². The molecule has 0 radical (unpaired) electrons. The van der Waals surface area contributed by atoms with Gasteiger partial charge in [-0.1, -0.05) is 23.2 Å². The minimum atomic E-state index is -1.01. The molecule has 2 aromatic rings. The SMILES string of the molecule is Cc1cc(/C=C/C(=O)O)c2c(Cl)cc(Cl)cc2n1. The first-order valence-corrected chi connectivity index (χ1v) is 5.90. The van der Waals surface area contributed by atoms with Crippen molar-refractivity contribution in [3.05, 3.63) is 45.6 Å². The van der Waals surface area contributed by atoms with Crippen LogP contribution in [0.25, 0.3) is 17.0 Å². The average Bonchev–Trinajstić information content (AvgIpc) is 2.24. The van der Waals surface area contributed by atoms with Crippen LogP contribution in [0.4, 0.5) is 0 Å². The van der Waals surface area contributed by atoms with Crippen LogP contribution in [0, 0.1) is 6.92 Å². The zero-order chi connectivity index (χ0) is 13.3. The van der Waals surface area contributed by atoms with E-state index in [2.05, 4.69) is 4.98 Å². The lowest BCUT2D eigenvalue weighted by molar-refractivity contribution is -0.131. The third kappa shape index (κ3) is 2.63. The summed E-state index contributed by atoms with van der Waals surface area (Å²) >= 11 is 12.0. The monoisotopic (exact) mass is 281 g/mol. The quantitative estimate of drug-likeness (QED) is 0.848. The van der Waals surface area contributed by atoms with Gasteiger partial charge in [0.25, 0.3) is 0 Å². The molecule has 3 nitrogen and oxygen atoms in total. The number of carboxylic acids is 1. The van der Waals surface area contributed by atoms with Crippen molar-refractivity contribution in [1.29, 1.82) is 0 Å². The van der Waals surface area contributed by atoms with Crippen molar-refractivity contribution in [1.82, 2.24) is 4.98 Å². The number of aryl methyl sites for hydroxylation is 1. The van der Waals surface area contributed by atoms with E-state index in [0.717, 1.165) is 11.8 Å². The first kappa shape index (κ1) is 12.9. The molecule has 1 heterocycles. The van der Waals surface area contributed by atoms with Gasteiger partial charge in [-0.05, 0) is 36.8 Å². The third-order valence-corrected chi connectivity index (χ3v) is 2.91. The van der Waals surface area contributed by atoms with Crippen LogP contribution in [0.3, 0.4) is 0 Å². The number of aliphatic carboxylic acids is 1. The summed E-state index contributed by atoms with van der Waals surface area (Å²) in [6.45, 7) is 1.83. The Morgan fingerprint density at radius 3 is 2.72 bits per heavy atom. The van der Waals surface area contributed by atoms with Gasteiger partial charge in [-0.15, -0.1) is 0 Å². The normalized spacial score (nSPS) is 11.3. The highest BCUT2D eigenvalue weighted by atomic mass is 35.5. The second-order valence-electron chi connectivity index (χ2n) is 3.81. The van der Waals surface area contributed by atoms with Crippen molar-refractivity contribution < 1.29 is 9.90 Å². The van der Waals surface area contributed by atoms with Crippen molar-refractivity contribution in [2.24, 2.45) is 0 Å². The molecule has 0 unspecified atom stereocenters. The lowest BCUT2D eigenvalue weighted by atomic mass is 10.1. The Hall–Kier alpha value is -1.58. The molecule has 1 aromatic heterocycles. The van der Waals surface area contributed by atoms with Crippen LogP contribution >= 0.6 is 23.2 Å². The Bertz CT molecular complexity index is 660. The number of fused-ring (bicyclic) bond motifs is 1. The van der Waals surface area contributed by atoms with E-state index < -0.39 is 5.97 Å². The summed E-state index contributed by atoms with van der Waals surface area (Å²) in [4.78, 5) is 14.9. The van der Waals surface area contributed by atoms with Crippen LogP contribution in [0.1, 0.15) is 11.3 Å². The Kier molecular flexibility index (Phi) is 3.55. The Morgan fingerprint density at radius 1 is 1.33 bits per heavy atom. The highest BCUT2D eigenvalue weighted by molar-refractivity contribution is 6.39. The fourth-order valence-corrected chi connectivity index (χ4v) is 2.34. The molecular formula is C13H9Cl2NO2. The van der Waals surface area contributed by atoms with Crippen molar-refractivity contribution in [2.75, 3.05) is 0 Å². The average molecular weight is 282 g/mol. The van der Waals surface area contributed by atoms with Gasteiger partial charge in [0.05, 0.1) is 10.5 Å². The minimum Gasteiger partial charge on any atom is -0.478 e. The first-order valence-electron chi connectivity index (χ1n) is 5.15. The third-order valence-electron chi connectivity index (χ3n) is 2.39. The topological polar surface area (TPSA) is 50.2 Å². The van der Waals surface area contributed by atoms with E-state index in [0.29, 0.717) is 26.5 Å². The maximum Gasteiger partial charge on any atom is 0.328 e. The van der Waals surface area contributed by atoms with Crippen molar-refractivity contribution in [3.63, 3.8) is 0 Å². The molecule has 0 spiro atoms. The molecular weight excluding hydrogens is 273 g/mol. The van der Waals surface area contributed by atoms with Gasteiger partial charge >= 0.3 is 5.97 Å². The molecule has 0 aliphatic carbocycles. The largest absolute Gasteiger partial charge is 0.478 e. The number of benzene rings is 1. The number of carbonyl (C=O) groups is 1. The standard InChI is InChI=1S/C13H9Cl2NO2/c1-7-4-8(2-3-12(17)18)13-10(15)5-9(14)6-11(13)16-7/h2-6H,1H3,(H,17,18)/b3-2+. The zero-order valence-corrected chi connectivity index (χ0v) is 11.0. The van der Waals surface area contributed by atoms with Crippen molar-refractivity contribution in [3.8, 4) is 0 Å². The number of nitrogens with zero attached hydrogens (tertiary/aromatic N) is 1. The van der Waals surface area contributed by atoms with Gasteiger partial charge < -0.3 is 5.11 Å². The number of aromatic nitrogens is 1. The highest BCUT2D eigenvalue weighted by Crippen LogP contribution is 2.30. The lowest BCUT2D eigenvalue weighted by Crippen LogP contribution is -1.91. The Labute approximate surface area is 114 Å². The lowest BCUT2D eigenvalue weighted by Gasteiger charge is -2.06. The summed E-state index contributed by atoms with van der Waals surface area (Å²) < 4.78 is 0. The summed E-state index contributed by atoms with van der Waals surface area (Å²) in [6.07, 6.45) is 2.57. The van der Waals surface area contributed by atoms with Crippen molar-refractivity contribution in [2.45, 2.75) is 6.92 Å². The van der Waals surface area contributed by atoms with Crippen LogP contribution < -0.4 is 0 Å². The van der Waals surface area contributed by atoms with Gasteiger partial charge in [0.1, 0.15) is 0 Å². The fraction of sp³-hybridized carbons (Fsp3) is 0.0769. The summed E-state index contributed by atoms with van der Waals surface area (Å²) in [7, 11) is 0. The van der Waals surface area contributed by atoms with Gasteiger partial charge in [-0.3, -0.25) is 4.98 Å². The smallest absolute Gasteiger partial charge is 0.328 e. The van der Waals surface area contributed by atoms with Crippen LogP contribution in [-0.2, 0) is 4.79 Å². The zero-order valence-electron chi connectivity index (χ0n) is 9.45. The number of hydrogen-bond donors (Lipinski definition) is 1. The molecule has 0 saturated carbocycles. The number of rotatable bonds is 2. The molecule has 0 fully saturated rings. The van der Waals surface area contributed by atoms with Crippen LogP contribution in [-0.4, -0.2) is 16.1 Å². The van der Waals surface area contributed by atoms with Gasteiger partial charge in [0.2, 0.25) is 0 Å². The number of carboxylic acid groups (broad SMARTS) is 1. The molecule has 0 atom stereocenters. The number of hydrogen-bond acceptors (Lipinski definition) is 2. The fourth-order valence-electron chi connectivity index (χ4n) is 1.75. The van der Waals surface area contributed by atoms with Gasteiger partial charge in [0.15, 0.2) is 0 Å². The van der Waals surface area contributed by atoms with E-state index in [1.165, 1.54) is 6.08 Å². The van der Waals surface area contributed by atoms with E-state index >= 15 is 0 Å². The molecule has 0 amide bonds. The number of halogens is 2. The first-order chi connectivity index (χ1) is 8.47. The number of pyridine rings is 1. The van der Waals surface area contributed by atoms with E-state index in [9.17, 15) is 4.79 Å². The summed E-state index contributed by atoms with van der Waals surface area (Å²) in [5.41, 5.74) is 2.13. The summed E-state index contributed by atoms with van der Waals surface area (Å²) in [6, 6.07) is 5.09. The molecule has 0 aliphatic rings. The Morgan fingerprint density at radius 2 is 2.06 bits per heavy atom. The Balaban J connectivity index is 2.76. The van der Waals surface area contributed by atoms with Crippen LogP contribution in [0.5, 0.6) is 0 Å². The highest BCUT2D eigenvalue weighted by Gasteiger charge is 2.08. The maximum absolute atomic E-state index is 10.6. The predicted molar refractivity (Wildman–Crippen MR) is 73.2 cm³/mol. The van der Waals surface area contributed by atoms with Crippen LogP contribution in [0.2, 0.25) is 10.0 Å². The van der Waals surface area contributed by atoms with Crippen LogP contribution in [0.15, 0.2) is 24.3 Å². The van der Waals surface area contributed by atoms with Gasteiger partial charge in [-0.2, -0.15) is 0 Å².